The van der Waals surface area contributed by atoms with Gasteiger partial charge in [0, 0.05) is 12.1 Å². The van der Waals surface area contributed by atoms with Crippen molar-refractivity contribution >= 4 is 5.69 Å². The van der Waals surface area contributed by atoms with E-state index in [4.69, 9.17) is 4.42 Å². The van der Waals surface area contributed by atoms with Crippen LogP contribution in [0.25, 0.3) is 0 Å². The number of aryl methyl sites for hydroxylation is 1. The van der Waals surface area contributed by atoms with E-state index in [-0.39, 0.29) is 5.82 Å². The van der Waals surface area contributed by atoms with Gasteiger partial charge in [-0.25, -0.2) is 4.39 Å². The maximum absolute atomic E-state index is 12.7. The van der Waals surface area contributed by atoms with Gasteiger partial charge in [-0.2, -0.15) is 0 Å². The number of nitrogens with one attached hydrogen (secondary N) is 1. The van der Waals surface area contributed by atoms with Crippen molar-refractivity contribution in [3.8, 4) is 0 Å². The van der Waals surface area contributed by atoms with E-state index >= 15 is 0 Å². The minimum absolute atomic E-state index is 0.225. The van der Waals surface area contributed by atoms with Gasteiger partial charge in [0.15, 0.2) is 0 Å². The Hall–Kier alpha value is -1.77. The van der Waals surface area contributed by atoms with E-state index in [1.54, 1.807) is 12.1 Å². The SMILES string of the molecule is CCc1ccc(CNc2ccc(F)cc2)o1. The summed E-state index contributed by atoms with van der Waals surface area (Å²) in [4.78, 5) is 0. The lowest BCUT2D eigenvalue weighted by Crippen LogP contribution is -1.97. The van der Waals surface area contributed by atoms with E-state index in [1.807, 2.05) is 12.1 Å². The topological polar surface area (TPSA) is 25.2 Å². The summed E-state index contributed by atoms with van der Waals surface area (Å²) in [5, 5.41) is 3.17. The molecule has 2 nitrogen and oxygen atoms in total. The van der Waals surface area contributed by atoms with E-state index in [2.05, 4.69) is 12.2 Å². The molecule has 0 fully saturated rings. The molecule has 0 aliphatic heterocycles. The lowest BCUT2D eigenvalue weighted by molar-refractivity contribution is 0.476. The number of benzene rings is 1. The van der Waals surface area contributed by atoms with Crippen LogP contribution in [0.4, 0.5) is 10.1 Å². The van der Waals surface area contributed by atoms with Gasteiger partial charge < -0.3 is 9.73 Å². The Bertz CT molecular complexity index is 447. The number of anilines is 1. The van der Waals surface area contributed by atoms with Gasteiger partial charge in [0.1, 0.15) is 17.3 Å². The highest BCUT2D eigenvalue weighted by atomic mass is 19.1. The van der Waals surface area contributed by atoms with Crippen LogP contribution in [0.2, 0.25) is 0 Å². The summed E-state index contributed by atoms with van der Waals surface area (Å²) in [5.74, 6) is 1.65. The Morgan fingerprint density at radius 3 is 2.38 bits per heavy atom. The molecule has 1 aromatic heterocycles. The first-order valence-corrected chi connectivity index (χ1v) is 5.35. The molecule has 2 aromatic rings. The van der Waals surface area contributed by atoms with Crippen LogP contribution >= 0.6 is 0 Å². The van der Waals surface area contributed by atoms with Gasteiger partial charge in [-0.15, -0.1) is 0 Å². The van der Waals surface area contributed by atoms with Crippen molar-refractivity contribution in [2.24, 2.45) is 0 Å². The quantitative estimate of drug-likeness (QED) is 0.850. The van der Waals surface area contributed by atoms with Crippen LogP contribution in [-0.4, -0.2) is 0 Å². The maximum atomic E-state index is 12.7. The minimum Gasteiger partial charge on any atom is -0.464 e. The molecule has 0 amide bonds. The highest BCUT2D eigenvalue weighted by Gasteiger charge is 2.00. The third-order valence-electron chi connectivity index (χ3n) is 2.38. The number of hydrogen-bond acceptors (Lipinski definition) is 2. The molecule has 84 valence electrons. The first-order chi connectivity index (χ1) is 7.78. The highest BCUT2D eigenvalue weighted by Crippen LogP contribution is 2.12. The van der Waals surface area contributed by atoms with E-state index < -0.39 is 0 Å². The summed E-state index contributed by atoms with van der Waals surface area (Å²) in [6.07, 6.45) is 0.899. The summed E-state index contributed by atoms with van der Waals surface area (Å²) < 4.78 is 18.2. The molecular weight excluding hydrogens is 205 g/mol. The summed E-state index contributed by atoms with van der Waals surface area (Å²) in [6.45, 7) is 2.67. The Morgan fingerprint density at radius 2 is 1.75 bits per heavy atom. The van der Waals surface area contributed by atoms with Gasteiger partial charge in [-0.3, -0.25) is 0 Å². The molecule has 0 aliphatic rings. The smallest absolute Gasteiger partial charge is 0.123 e. The second kappa shape index (κ2) is 4.84. The first-order valence-electron chi connectivity index (χ1n) is 5.35. The fourth-order valence-electron chi connectivity index (χ4n) is 1.46. The van der Waals surface area contributed by atoms with Crippen LogP contribution < -0.4 is 5.32 Å². The van der Waals surface area contributed by atoms with Crippen LogP contribution in [0.1, 0.15) is 18.4 Å². The zero-order valence-electron chi connectivity index (χ0n) is 9.16. The van der Waals surface area contributed by atoms with Gasteiger partial charge in [-0.1, -0.05) is 6.92 Å². The molecule has 0 radical (unpaired) electrons. The Morgan fingerprint density at radius 1 is 1.06 bits per heavy atom. The van der Waals surface area contributed by atoms with Gasteiger partial charge in [0.05, 0.1) is 6.54 Å². The van der Waals surface area contributed by atoms with Crippen molar-refractivity contribution in [1.29, 1.82) is 0 Å². The lowest BCUT2D eigenvalue weighted by atomic mass is 10.3. The molecule has 3 heteroatoms. The predicted molar refractivity (Wildman–Crippen MR) is 61.8 cm³/mol. The van der Waals surface area contributed by atoms with Crippen LogP contribution in [-0.2, 0) is 13.0 Å². The Balaban J connectivity index is 1.94. The van der Waals surface area contributed by atoms with E-state index in [0.717, 1.165) is 23.6 Å². The molecule has 16 heavy (non-hydrogen) atoms. The van der Waals surface area contributed by atoms with Crippen molar-refractivity contribution in [2.45, 2.75) is 19.9 Å². The van der Waals surface area contributed by atoms with Crippen LogP contribution in [0, 0.1) is 5.82 Å². The average molecular weight is 219 g/mol. The molecule has 0 aliphatic carbocycles. The second-order valence-corrected chi connectivity index (χ2v) is 3.58. The maximum Gasteiger partial charge on any atom is 0.123 e. The van der Waals surface area contributed by atoms with E-state index in [1.165, 1.54) is 12.1 Å². The summed E-state index contributed by atoms with van der Waals surface area (Å²) in [5.41, 5.74) is 0.885. The highest BCUT2D eigenvalue weighted by molar-refractivity contribution is 5.42. The zero-order valence-corrected chi connectivity index (χ0v) is 9.16. The van der Waals surface area contributed by atoms with Crippen LogP contribution in [0.15, 0.2) is 40.8 Å². The molecule has 0 bridgehead atoms. The summed E-state index contributed by atoms with van der Waals surface area (Å²) in [7, 11) is 0. The third-order valence-corrected chi connectivity index (χ3v) is 2.38. The molecule has 1 heterocycles. The monoisotopic (exact) mass is 219 g/mol. The summed E-state index contributed by atoms with van der Waals surface area (Å²) >= 11 is 0. The van der Waals surface area contributed by atoms with Crippen molar-refractivity contribution < 1.29 is 8.81 Å². The second-order valence-electron chi connectivity index (χ2n) is 3.58. The zero-order chi connectivity index (χ0) is 11.4. The minimum atomic E-state index is -0.225. The molecule has 1 aromatic carbocycles. The first kappa shape index (κ1) is 10.7. The van der Waals surface area contributed by atoms with Crippen molar-refractivity contribution in [3.63, 3.8) is 0 Å². The van der Waals surface area contributed by atoms with Crippen molar-refractivity contribution in [3.05, 3.63) is 53.7 Å². The third kappa shape index (κ3) is 2.63. The van der Waals surface area contributed by atoms with Crippen LogP contribution in [0.5, 0.6) is 0 Å². The molecule has 2 rings (SSSR count). The van der Waals surface area contributed by atoms with Gasteiger partial charge in [0.2, 0.25) is 0 Å². The van der Waals surface area contributed by atoms with Gasteiger partial charge in [0.25, 0.3) is 0 Å². The van der Waals surface area contributed by atoms with Gasteiger partial charge in [-0.05, 0) is 36.4 Å². The van der Waals surface area contributed by atoms with Crippen molar-refractivity contribution in [2.75, 3.05) is 5.32 Å². The van der Waals surface area contributed by atoms with E-state index in [9.17, 15) is 4.39 Å². The molecule has 0 unspecified atom stereocenters. The normalized spacial score (nSPS) is 10.4. The number of rotatable bonds is 4. The standard InChI is InChI=1S/C13H14FNO/c1-2-12-7-8-13(16-12)9-15-11-5-3-10(14)4-6-11/h3-8,15H,2,9H2,1H3. The Kier molecular flexibility index (Phi) is 3.25. The average Bonchev–Trinajstić information content (AvgIpc) is 2.76. The molecule has 0 spiro atoms. The fourth-order valence-corrected chi connectivity index (χ4v) is 1.46. The molecule has 0 saturated carbocycles. The number of halogens is 1. The van der Waals surface area contributed by atoms with Crippen molar-refractivity contribution in [1.82, 2.24) is 0 Å². The summed E-state index contributed by atoms with van der Waals surface area (Å²) in [6, 6.07) is 10.2. The molecule has 0 atom stereocenters. The Labute approximate surface area is 94.1 Å². The van der Waals surface area contributed by atoms with Gasteiger partial charge >= 0.3 is 0 Å². The molecular formula is C13H14FNO. The molecule has 0 saturated heterocycles. The number of hydrogen-bond donors (Lipinski definition) is 1. The van der Waals surface area contributed by atoms with E-state index in [0.29, 0.717) is 6.54 Å². The largest absolute Gasteiger partial charge is 0.464 e. The number of furan rings is 1. The lowest BCUT2D eigenvalue weighted by Gasteiger charge is -2.03. The fraction of sp³-hybridized carbons (Fsp3) is 0.231. The van der Waals surface area contributed by atoms with Crippen LogP contribution in [0.3, 0.4) is 0 Å². The molecule has 1 N–H and O–H groups in total. The predicted octanol–water partition coefficient (Wildman–Crippen LogP) is 3.59.